The number of carboxylic acid groups (broad SMARTS) is 1. The number of amides is 1. The first-order chi connectivity index (χ1) is 9.99. The maximum Gasteiger partial charge on any atom is 0.303 e. The summed E-state index contributed by atoms with van der Waals surface area (Å²) in [6.07, 6.45) is 0.468. The summed E-state index contributed by atoms with van der Waals surface area (Å²) in [5.41, 5.74) is 6.85. The van der Waals surface area contributed by atoms with Crippen LogP contribution in [0.25, 0.3) is 10.8 Å². The molecular weight excluding hydrogens is 268 g/mol. The first-order valence-corrected chi connectivity index (χ1v) is 6.74. The Morgan fingerprint density at radius 3 is 2.43 bits per heavy atom. The number of benzene rings is 2. The fourth-order valence-corrected chi connectivity index (χ4v) is 2.22. The number of nitrogen functional groups attached to an aromatic ring is 1. The molecule has 0 aliphatic heterocycles. The summed E-state index contributed by atoms with van der Waals surface area (Å²) < 4.78 is 0. The van der Waals surface area contributed by atoms with Crippen LogP contribution in [0.15, 0.2) is 36.4 Å². The molecule has 5 nitrogen and oxygen atoms in total. The summed E-state index contributed by atoms with van der Waals surface area (Å²) in [6, 6.07) is 11.3. The van der Waals surface area contributed by atoms with Crippen molar-refractivity contribution < 1.29 is 14.7 Å². The molecule has 0 aliphatic rings. The molecule has 2 aromatic rings. The van der Waals surface area contributed by atoms with Crippen LogP contribution in [0.4, 0.5) is 5.69 Å². The van der Waals surface area contributed by atoms with Crippen molar-refractivity contribution in [3.05, 3.63) is 42.0 Å². The van der Waals surface area contributed by atoms with Gasteiger partial charge in [0.1, 0.15) is 0 Å². The molecular formula is C16H18N2O3. The Hall–Kier alpha value is -2.56. The molecule has 1 amide bonds. The molecule has 0 aromatic heterocycles. The topological polar surface area (TPSA) is 83.6 Å². The van der Waals surface area contributed by atoms with E-state index in [4.69, 9.17) is 10.8 Å². The Balaban J connectivity index is 2.18. The maximum atomic E-state index is 12.4. The second-order valence-electron chi connectivity index (χ2n) is 5.01. The van der Waals surface area contributed by atoms with Gasteiger partial charge in [-0.05, 0) is 29.3 Å². The van der Waals surface area contributed by atoms with Gasteiger partial charge in [0.25, 0.3) is 5.91 Å². The van der Waals surface area contributed by atoms with E-state index in [1.54, 1.807) is 19.2 Å². The van der Waals surface area contributed by atoms with Crippen molar-refractivity contribution in [1.82, 2.24) is 4.90 Å². The van der Waals surface area contributed by atoms with E-state index < -0.39 is 5.97 Å². The van der Waals surface area contributed by atoms with Crippen LogP contribution in [-0.2, 0) is 4.79 Å². The minimum atomic E-state index is -0.860. The Morgan fingerprint density at radius 2 is 1.81 bits per heavy atom. The summed E-state index contributed by atoms with van der Waals surface area (Å²) in [5.74, 6) is -1.05. The largest absolute Gasteiger partial charge is 0.481 e. The van der Waals surface area contributed by atoms with Gasteiger partial charge < -0.3 is 15.7 Å². The van der Waals surface area contributed by atoms with Crippen molar-refractivity contribution in [1.29, 1.82) is 0 Å². The van der Waals surface area contributed by atoms with Gasteiger partial charge in [0.15, 0.2) is 0 Å². The Bertz CT molecular complexity index is 682. The molecule has 0 spiro atoms. The number of fused-ring (bicyclic) bond motifs is 1. The number of carbonyl (C=O) groups is 2. The normalized spacial score (nSPS) is 10.5. The van der Waals surface area contributed by atoms with Crippen molar-refractivity contribution in [2.45, 2.75) is 12.8 Å². The number of carbonyl (C=O) groups excluding carboxylic acids is 1. The number of hydrogen-bond donors (Lipinski definition) is 2. The number of carboxylic acids is 1. The van der Waals surface area contributed by atoms with Gasteiger partial charge in [0.05, 0.1) is 5.56 Å². The quantitative estimate of drug-likeness (QED) is 0.826. The minimum absolute atomic E-state index is 0.0465. The van der Waals surface area contributed by atoms with Crippen molar-refractivity contribution in [2.75, 3.05) is 19.3 Å². The monoisotopic (exact) mass is 286 g/mol. The summed E-state index contributed by atoms with van der Waals surface area (Å²) in [6.45, 7) is 0.386. The lowest BCUT2D eigenvalue weighted by molar-refractivity contribution is -0.137. The molecule has 0 bridgehead atoms. The molecule has 5 heteroatoms. The zero-order valence-electron chi connectivity index (χ0n) is 11.9. The molecule has 3 N–H and O–H groups in total. The molecule has 0 saturated heterocycles. The maximum absolute atomic E-state index is 12.4. The number of nitrogens with zero attached hydrogens (tertiary/aromatic N) is 1. The average Bonchev–Trinajstić information content (AvgIpc) is 2.45. The first kappa shape index (κ1) is 14.8. The van der Waals surface area contributed by atoms with Crippen molar-refractivity contribution in [2.24, 2.45) is 0 Å². The third kappa shape index (κ3) is 3.51. The van der Waals surface area contributed by atoms with Gasteiger partial charge in [-0.15, -0.1) is 0 Å². The van der Waals surface area contributed by atoms with Gasteiger partial charge in [0, 0.05) is 25.7 Å². The number of nitrogens with two attached hydrogens (primary N) is 1. The van der Waals surface area contributed by atoms with E-state index in [-0.39, 0.29) is 12.3 Å². The zero-order chi connectivity index (χ0) is 15.4. The van der Waals surface area contributed by atoms with Gasteiger partial charge in [-0.25, -0.2) is 0 Å². The fraction of sp³-hybridized carbons (Fsp3) is 0.250. The van der Waals surface area contributed by atoms with Gasteiger partial charge in [0.2, 0.25) is 0 Å². The van der Waals surface area contributed by atoms with Crippen molar-refractivity contribution >= 4 is 28.3 Å². The molecule has 2 aromatic carbocycles. The molecule has 0 aliphatic carbocycles. The van der Waals surface area contributed by atoms with Crippen molar-refractivity contribution in [3.63, 3.8) is 0 Å². The third-order valence-corrected chi connectivity index (χ3v) is 3.38. The number of hydrogen-bond acceptors (Lipinski definition) is 3. The molecule has 2 rings (SSSR count). The molecule has 0 heterocycles. The highest BCUT2D eigenvalue weighted by Crippen LogP contribution is 2.23. The highest BCUT2D eigenvalue weighted by molar-refractivity contribution is 6.03. The van der Waals surface area contributed by atoms with Crippen LogP contribution in [-0.4, -0.2) is 35.5 Å². The Kier molecular flexibility index (Phi) is 4.42. The van der Waals surface area contributed by atoms with E-state index in [2.05, 4.69) is 0 Å². The Morgan fingerprint density at radius 1 is 1.19 bits per heavy atom. The van der Waals surface area contributed by atoms with Crippen LogP contribution in [0.5, 0.6) is 0 Å². The average molecular weight is 286 g/mol. The SMILES string of the molecule is CN(CCCC(=O)O)C(=O)c1cc2ccccc2cc1N. The second-order valence-corrected chi connectivity index (χ2v) is 5.01. The number of rotatable bonds is 5. The highest BCUT2D eigenvalue weighted by atomic mass is 16.4. The van der Waals surface area contributed by atoms with Crippen LogP contribution in [0, 0.1) is 0 Å². The Labute approximate surface area is 123 Å². The third-order valence-electron chi connectivity index (χ3n) is 3.38. The zero-order valence-corrected chi connectivity index (χ0v) is 11.9. The lowest BCUT2D eigenvalue weighted by atomic mass is 10.0. The summed E-state index contributed by atoms with van der Waals surface area (Å²) in [5, 5.41) is 10.6. The van der Waals surface area contributed by atoms with E-state index in [1.165, 1.54) is 4.90 Å². The van der Waals surface area contributed by atoms with Crippen LogP contribution in [0.2, 0.25) is 0 Å². The minimum Gasteiger partial charge on any atom is -0.481 e. The standard InChI is InChI=1S/C16H18N2O3/c1-18(8-4-7-15(19)20)16(21)13-9-11-5-2-3-6-12(11)10-14(13)17/h2-3,5-6,9-10H,4,7-8,17H2,1H3,(H,19,20). The lowest BCUT2D eigenvalue weighted by Gasteiger charge is -2.18. The molecule has 21 heavy (non-hydrogen) atoms. The first-order valence-electron chi connectivity index (χ1n) is 6.74. The van der Waals surface area contributed by atoms with E-state index in [9.17, 15) is 9.59 Å². The van der Waals surface area contributed by atoms with Gasteiger partial charge in [-0.2, -0.15) is 0 Å². The van der Waals surface area contributed by atoms with Crippen LogP contribution >= 0.6 is 0 Å². The van der Waals surface area contributed by atoms with Gasteiger partial charge >= 0.3 is 5.97 Å². The second kappa shape index (κ2) is 6.26. The summed E-state index contributed by atoms with van der Waals surface area (Å²) >= 11 is 0. The van der Waals surface area contributed by atoms with Crippen molar-refractivity contribution in [3.8, 4) is 0 Å². The van der Waals surface area contributed by atoms with Crippen LogP contribution in [0.1, 0.15) is 23.2 Å². The van der Waals surface area contributed by atoms with Gasteiger partial charge in [-0.3, -0.25) is 9.59 Å². The fourth-order valence-electron chi connectivity index (χ4n) is 2.22. The predicted octanol–water partition coefficient (Wildman–Crippen LogP) is 2.36. The van der Waals surface area contributed by atoms with Gasteiger partial charge in [-0.1, -0.05) is 24.3 Å². The number of aliphatic carboxylic acids is 1. The summed E-state index contributed by atoms with van der Waals surface area (Å²) in [4.78, 5) is 24.4. The molecule has 0 saturated carbocycles. The number of anilines is 1. The molecule has 0 fully saturated rings. The van der Waals surface area contributed by atoms with E-state index in [0.29, 0.717) is 24.2 Å². The highest BCUT2D eigenvalue weighted by Gasteiger charge is 2.15. The van der Waals surface area contributed by atoms with E-state index in [0.717, 1.165) is 10.8 Å². The summed E-state index contributed by atoms with van der Waals surface area (Å²) in [7, 11) is 1.65. The lowest BCUT2D eigenvalue weighted by Crippen LogP contribution is -2.28. The molecule has 0 atom stereocenters. The molecule has 110 valence electrons. The van der Waals surface area contributed by atoms with Crippen LogP contribution < -0.4 is 5.73 Å². The van der Waals surface area contributed by atoms with E-state index >= 15 is 0 Å². The predicted molar refractivity (Wildman–Crippen MR) is 82.2 cm³/mol. The smallest absolute Gasteiger partial charge is 0.303 e. The molecule has 0 radical (unpaired) electrons. The van der Waals surface area contributed by atoms with E-state index in [1.807, 2.05) is 24.3 Å². The molecule has 0 unspecified atom stereocenters. The van der Waals surface area contributed by atoms with Crippen LogP contribution in [0.3, 0.4) is 0 Å².